The number of benzene rings is 2. The summed E-state index contributed by atoms with van der Waals surface area (Å²) in [5, 5.41) is 9.81. The molecular formula is C20H19N3O. The zero-order valence-corrected chi connectivity index (χ0v) is 13.9. The molecule has 1 aliphatic heterocycles. The van der Waals surface area contributed by atoms with Gasteiger partial charge in [0.2, 0.25) is 0 Å². The van der Waals surface area contributed by atoms with Crippen LogP contribution < -0.4 is 4.90 Å². The quantitative estimate of drug-likeness (QED) is 0.871. The van der Waals surface area contributed by atoms with E-state index in [1.54, 1.807) is 0 Å². The maximum Gasteiger partial charge on any atom is 0.256 e. The minimum Gasteiger partial charge on any atom is -0.378 e. The van der Waals surface area contributed by atoms with Gasteiger partial charge in [0.05, 0.1) is 11.6 Å². The molecule has 1 aliphatic carbocycles. The van der Waals surface area contributed by atoms with Gasteiger partial charge in [-0.05, 0) is 36.6 Å². The highest BCUT2D eigenvalue weighted by atomic mass is 16.2. The summed E-state index contributed by atoms with van der Waals surface area (Å²) in [5.41, 5.74) is 3.30. The smallest absolute Gasteiger partial charge is 0.256 e. The first-order chi connectivity index (χ1) is 11.6. The van der Waals surface area contributed by atoms with Crippen LogP contribution in [-0.2, 0) is 5.54 Å². The van der Waals surface area contributed by atoms with E-state index in [4.69, 9.17) is 0 Å². The van der Waals surface area contributed by atoms with Gasteiger partial charge in [-0.2, -0.15) is 5.26 Å². The van der Waals surface area contributed by atoms with Crippen molar-refractivity contribution in [3.05, 3.63) is 65.2 Å². The van der Waals surface area contributed by atoms with Crippen molar-refractivity contribution in [3.63, 3.8) is 0 Å². The number of amides is 1. The number of nitriles is 1. The van der Waals surface area contributed by atoms with Crippen LogP contribution >= 0.6 is 0 Å². The van der Waals surface area contributed by atoms with E-state index < -0.39 is 6.04 Å². The van der Waals surface area contributed by atoms with Crippen molar-refractivity contribution in [2.45, 2.75) is 24.4 Å². The fraction of sp³-hybridized carbons (Fsp3) is 0.300. The molecule has 1 atom stereocenters. The van der Waals surface area contributed by atoms with Gasteiger partial charge >= 0.3 is 0 Å². The number of carbonyl (C=O) groups excluding carboxylic acids is 1. The average molecular weight is 317 g/mol. The summed E-state index contributed by atoms with van der Waals surface area (Å²) < 4.78 is 0. The van der Waals surface area contributed by atoms with Crippen LogP contribution in [-0.4, -0.2) is 24.9 Å². The molecule has 1 amide bonds. The minimum absolute atomic E-state index is 0.0248. The first kappa shape index (κ1) is 14.8. The lowest BCUT2D eigenvalue weighted by atomic mass is 10.0. The molecular weight excluding hydrogens is 298 g/mol. The minimum atomic E-state index is -0.518. The molecule has 1 fully saturated rings. The highest BCUT2D eigenvalue weighted by molar-refractivity contribution is 6.01. The monoisotopic (exact) mass is 317 g/mol. The van der Waals surface area contributed by atoms with Gasteiger partial charge in [-0.25, -0.2) is 0 Å². The third-order valence-electron chi connectivity index (χ3n) is 5.17. The number of nitrogens with zero attached hydrogens (tertiary/aromatic N) is 3. The summed E-state index contributed by atoms with van der Waals surface area (Å²) in [7, 11) is 3.92. The molecule has 0 bridgehead atoms. The molecule has 1 heterocycles. The number of carbonyl (C=O) groups is 1. The summed E-state index contributed by atoms with van der Waals surface area (Å²) >= 11 is 0. The van der Waals surface area contributed by atoms with Crippen molar-refractivity contribution in [1.29, 1.82) is 5.26 Å². The van der Waals surface area contributed by atoms with Crippen LogP contribution in [0.3, 0.4) is 0 Å². The fourth-order valence-corrected chi connectivity index (χ4v) is 3.74. The van der Waals surface area contributed by atoms with E-state index in [9.17, 15) is 10.1 Å². The van der Waals surface area contributed by atoms with Gasteiger partial charge in [0, 0.05) is 30.9 Å². The predicted octanol–water partition coefficient (Wildman–Crippen LogP) is 3.46. The van der Waals surface area contributed by atoms with Crippen molar-refractivity contribution in [1.82, 2.24) is 4.90 Å². The molecule has 24 heavy (non-hydrogen) atoms. The number of hydrogen-bond donors (Lipinski definition) is 0. The Hall–Kier alpha value is -2.80. The Bertz CT molecular complexity index is 847. The molecule has 1 unspecified atom stereocenters. The Morgan fingerprint density at radius 1 is 1.17 bits per heavy atom. The van der Waals surface area contributed by atoms with Gasteiger partial charge < -0.3 is 9.80 Å². The molecule has 2 aliphatic rings. The molecule has 4 heteroatoms. The normalized spacial score (nSPS) is 20.5. The number of rotatable bonds is 3. The molecule has 0 spiro atoms. The Morgan fingerprint density at radius 2 is 1.88 bits per heavy atom. The van der Waals surface area contributed by atoms with Crippen LogP contribution in [0.4, 0.5) is 5.69 Å². The van der Waals surface area contributed by atoms with Crippen molar-refractivity contribution in [2.24, 2.45) is 0 Å². The maximum atomic E-state index is 13.1. The van der Waals surface area contributed by atoms with Crippen LogP contribution in [0.15, 0.2) is 48.5 Å². The van der Waals surface area contributed by atoms with Crippen LogP contribution in [0.5, 0.6) is 0 Å². The maximum absolute atomic E-state index is 13.1. The largest absolute Gasteiger partial charge is 0.378 e. The van der Waals surface area contributed by atoms with E-state index >= 15 is 0 Å². The molecule has 0 aromatic heterocycles. The van der Waals surface area contributed by atoms with Crippen molar-refractivity contribution in [2.75, 3.05) is 19.0 Å². The molecule has 4 rings (SSSR count). The van der Waals surface area contributed by atoms with Crippen LogP contribution in [0.1, 0.15) is 40.4 Å². The van der Waals surface area contributed by atoms with Crippen LogP contribution in [0.2, 0.25) is 0 Å². The van der Waals surface area contributed by atoms with E-state index in [0.29, 0.717) is 5.56 Å². The lowest BCUT2D eigenvalue weighted by Crippen LogP contribution is -2.38. The van der Waals surface area contributed by atoms with E-state index in [-0.39, 0.29) is 11.4 Å². The Balaban J connectivity index is 1.81. The molecule has 0 saturated heterocycles. The summed E-state index contributed by atoms with van der Waals surface area (Å²) in [6.45, 7) is 0. The van der Waals surface area contributed by atoms with E-state index in [1.807, 2.05) is 60.3 Å². The second-order valence-corrected chi connectivity index (χ2v) is 6.77. The van der Waals surface area contributed by atoms with Crippen LogP contribution in [0.25, 0.3) is 0 Å². The summed E-state index contributed by atoms with van der Waals surface area (Å²) in [4.78, 5) is 16.9. The standard InChI is InChI=1S/C20H19N3O/c1-22(2)15-8-9-16-17(12-15)18(13-21)23(19(16)24)20(10-11-20)14-6-4-3-5-7-14/h3-9,12,18H,10-11H2,1-2H3. The lowest BCUT2D eigenvalue weighted by Gasteiger charge is -2.31. The molecule has 0 N–H and O–H groups in total. The van der Waals surface area contributed by atoms with Crippen molar-refractivity contribution >= 4 is 11.6 Å². The van der Waals surface area contributed by atoms with Gasteiger partial charge in [-0.1, -0.05) is 30.3 Å². The SMILES string of the molecule is CN(C)c1ccc2c(c1)C(C#N)N(C1(c3ccccc3)CC1)C2=O. The number of hydrogen-bond acceptors (Lipinski definition) is 3. The molecule has 120 valence electrons. The highest BCUT2D eigenvalue weighted by Crippen LogP contribution is 2.56. The average Bonchev–Trinajstić information content (AvgIpc) is 3.35. The Kier molecular flexibility index (Phi) is 3.14. The second-order valence-electron chi connectivity index (χ2n) is 6.77. The second kappa shape index (κ2) is 5.10. The topological polar surface area (TPSA) is 47.3 Å². The first-order valence-corrected chi connectivity index (χ1v) is 8.18. The van der Waals surface area contributed by atoms with E-state index in [1.165, 1.54) is 0 Å². The lowest BCUT2D eigenvalue weighted by molar-refractivity contribution is 0.0635. The Labute approximate surface area is 141 Å². The number of fused-ring (bicyclic) bond motifs is 1. The zero-order valence-electron chi connectivity index (χ0n) is 13.9. The zero-order chi connectivity index (χ0) is 16.9. The third kappa shape index (κ3) is 1.94. The van der Waals surface area contributed by atoms with Crippen molar-refractivity contribution in [3.8, 4) is 6.07 Å². The van der Waals surface area contributed by atoms with E-state index in [2.05, 4.69) is 18.2 Å². The molecule has 2 aromatic rings. The molecule has 0 radical (unpaired) electrons. The van der Waals surface area contributed by atoms with Gasteiger partial charge in [0.25, 0.3) is 5.91 Å². The number of anilines is 1. The third-order valence-corrected chi connectivity index (χ3v) is 5.17. The molecule has 1 saturated carbocycles. The molecule has 4 nitrogen and oxygen atoms in total. The van der Waals surface area contributed by atoms with E-state index in [0.717, 1.165) is 29.7 Å². The van der Waals surface area contributed by atoms with Gasteiger partial charge in [-0.3, -0.25) is 4.79 Å². The fourth-order valence-electron chi connectivity index (χ4n) is 3.74. The summed E-state index contributed by atoms with van der Waals surface area (Å²) in [6, 6.07) is 17.7. The summed E-state index contributed by atoms with van der Waals surface area (Å²) in [5.74, 6) is -0.0248. The highest BCUT2D eigenvalue weighted by Gasteiger charge is 2.57. The van der Waals surface area contributed by atoms with Gasteiger partial charge in [0.1, 0.15) is 6.04 Å². The van der Waals surface area contributed by atoms with Crippen LogP contribution in [0, 0.1) is 11.3 Å². The predicted molar refractivity (Wildman–Crippen MR) is 92.6 cm³/mol. The first-order valence-electron chi connectivity index (χ1n) is 8.18. The van der Waals surface area contributed by atoms with Gasteiger partial charge in [0.15, 0.2) is 0 Å². The summed E-state index contributed by atoms with van der Waals surface area (Å²) in [6.07, 6.45) is 1.82. The van der Waals surface area contributed by atoms with Crippen molar-refractivity contribution < 1.29 is 4.79 Å². The van der Waals surface area contributed by atoms with Gasteiger partial charge in [-0.15, -0.1) is 0 Å². The molecule has 2 aromatic carbocycles. The Morgan fingerprint density at radius 3 is 2.46 bits per heavy atom.